The fraction of sp³-hybridized carbons (Fsp3) is 0.500. The van der Waals surface area contributed by atoms with Crippen LogP contribution >= 0.6 is 27.5 Å². The lowest BCUT2D eigenvalue weighted by Crippen LogP contribution is -2.37. The van der Waals surface area contributed by atoms with E-state index in [-0.39, 0.29) is 11.9 Å². The molecule has 0 aromatic heterocycles. The lowest BCUT2D eigenvalue weighted by molar-refractivity contribution is 0.0925. The summed E-state index contributed by atoms with van der Waals surface area (Å²) in [6.45, 7) is 6.33. The molecule has 0 aliphatic carbocycles. The van der Waals surface area contributed by atoms with Gasteiger partial charge in [0.05, 0.1) is 10.6 Å². The monoisotopic (exact) mass is 331 g/mol. The van der Waals surface area contributed by atoms with Gasteiger partial charge >= 0.3 is 0 Å². The summed E-state index contributed by atoms with van der Waals surface area (Å²) < 4.78 is 0.743. The van der Waals surface area contributed by atoms with E-state index in [1.807, 2.05) is 19.1 Å². The third-order valence-electron chi connectivity index (χ3n) is 3.31. The highest BCUT2D eigenvalue weighted by molar-refractivity contribution is 9.10. The van der Waals surface area contributed by atoms with Crippen LogP contribution in [0.25, 0.3) is 0 Å². The van der Waals surface area contributed by atoms with Crippen LogP contribution in [0, 0.1) is 5.92 Å². The van der Waals surface area contributed by atoms with Crippen LogP contribution in [-0.2, 0) is 0 Å². The van der Waals surface area contributed by atoms with Gasteiger partial charge in [-0.25, -0.2) is 0 Å². The molecule has 0 bridgehead atoms. The van der Waals surface area contributed by atoms with Gasteiger partial charge < -0.3 is 5.32 Å². The van der Waals surface area contributed by atoms with Crippen molar-refractivity contribution in [1.29, 1.82) is 0 Å². The zero-order valence-corrected chi connectivity index (χ0v) is 13.3. The molecule has 1 aromatic carbocycles. The number of halogens is 2. The molecule has 0 fully saturated rings. The summed E-state index contributed by atoms with van der Waals surface area (Å²) >= 11 is 9.44. The van der Waals surface area contributed by atoms with Crippen molar-refractivity contribution in [2.75, 3.05) is 0 Å². The highest BCUT2D eigenvalue weighted by atomic mass is 79.9. The summed E-state index contributed by atoms with van der Waals surface area (Å²) in [4.78, 5) is 12.1. The van der Waals surface area contributed by atoms with Gasteiger partial charge in [0.25, 0.3) is 5.91 Å². The third-order valence-corrected chi connectivity index (χ3v) is 4.61. The van der Waals surface area contributed by atoms with Crippen molar-refractivity contribution in [3.8, 4) is 0 Å². The predicted octanol–water partition coefficient (Wildman–Crippen LogP) is 4.66. The summed E-state index contributed by atoms with van der Waals surface area (Å²) in [5.41, 5.74) is 0.517. The number of carbonyl (C=O) groups is 1. The van der Waals surface area contributed by atoms with Crippen LogP contribution in [0.1, 0.15) is 44.0 Å². The highest BCUT2D eigenvalue weighted by Crippen LogP contribution is 2.26. The van der Waals surface area contributed by atoms with Gasteiger partial charge in [-0.05, 0) is 40.9 Å². The molecular weight excluding hydrogens is 314 g/mol. The Bertz CT molecular complexity index is 418. The number of amides is 1. The molecule has 1 amide bonds. The Morgan fingerprint density at radius 2 is 2.00 bits per heavy atom. The molecule has 1 unspecified atom stereocenters. The van der Waals surface area contributed by atoms with Crippen molar-refractivity contribution >= 4 is 33.4 Å². The summed E-state index contributed by atoms with van der Waals surface area (Å²) in [7, 11) is 0. The lowest BCUT2D eigenvalue weighted by Gasteiger charge is -2.22. The van der Waals surface area contributed by atoms with Gasteiger partial charge in [0.2, 0.25) is 0 Å². The Morgan fingerprint density at radius 3 is 2.56 bits per heavy atom. The highest BCUT2D eigenvalue weighted by Gasteiger charge is 2.18. The second-order valence-corrected chi connectivity index (χ2v) is 5.67. The Morgan fingerprint density at radius 1 is 1.39 bits per heavy atom. The van der Waals surface area contributed by atoms with Gasteiger partial charge in [-0.3, -0.25) is 4.79 Å². The van der Waals surface area contributed by atoms with Crippen LogP contribution in [0.5, 0.6) is 0 Å². The number of hydrogen-bond acceptors (Lipinski definition) is 1. The van der Waals surface area contributed by atoms with E-state index >= 15 is 0 Å². The summed E-state index contributed by atoms with van der Waals surface area (Å²) in [5.74, 6) is 0.389. The minimum atomic E-state index is -0.110. The number of hydrogen-bond donors (Lipinski definition) is 1. The third kappa shape index (κ3) is 3.72. The van der Waals surface area contributed by atoms with Crippen LogP contribution in [0.15, 0.2) is 22.7 Å². The van der Waals surface area contributed by atoms with E-state index in [0.717, 1.165) is 17.3 Å². The predicted molar refractivity (Wildman–Crippen MR) is 80.2 cm³/mol. The molecule has 0 aliphatic rings. The molecule has 4 heteroatoms. The maximum atomic E-state index is 12.1. The molecule has 1 atom stereocenters. The van der Waals surface area contributed by atoms with E-state index in [1.165, 1.54) is 0 Å². The van der Waals surface area contributed by atoms with Crippen LogP contribution in [0.3, 0.4) is 0 Å². The summed E-state index contributed by atoms with van der Waals surface area (Å²) in [6, 6.07) is 5.53. The fourth-order valence-electron chi connectivity index (χ4n) is 2.08. The molecule has 0 spiro atoms. The summed E-state index contributed by atoms with van der Waals surface area (Å²) in [6.07, 6.45) is 2.12. The molecule has 1 aromatic rings. The van der Waals surface area contributed by atoms with Gasteiger partial charge in [-0.15, -0.1) is 0 Å². The van der Waals surface area contributed by atoms with Crippen molar-refractivity contribution in [3.63, 3.8) is 0 Å². The molecule has 100 valence electrons. The second-order valence-electron chi connectivity index (χ2n) is 4.44. The average molecular weight is 333 g/mol. The fourth-order valence-corrected chi connectivity index (χ4v) is 2.66. The molecule has 0 aliphatic heterocycles. The first-order valence-electron chi connectivity index (χ1n) is 6.26. The molecule has 18 heavy (non-hydrogen) atoms. The molecular formula is C14H19BrClNO. The van der Waals surface area contributed by atoms with Crippen molar-refractivity contribution in [1.82, 2.24) is 5.32 Å². The molecule has 1 rings (SSSR count). The Balaban J connectivity index is 2.79. The Labute approximate surface area is 122 Å². The van der Waals surface area contributed by atoms with E-state index in [9.17, 15) is 4.79 Å². The zero-order valence-electron chi connectivity index (χ0n) is 11.0. The molecule has 0 saturated carbocycles. The van der Waals surface area contributed by atoms with Crippen molar-refractivity contribution in [3.05, 3.63) is 33.3 Å². The number of benzene rings is 1. The quantitative estimate of drug-likeness (QED) is 0.835. The molecule has 0 heterocycles. The van der Waals surface area contributed by atoms with Crippen LogP contribution in [-0.4, -0.2) is 11.9 Å². The average Bonchev–Trinajstić information content (AvgIpc) is 2.34. The van der Waals surface area contributed by atoms with Gasteiger partial charge in [-0.1, -0.05) is 44.4 Å². The maximum Gasteiger partial charge on any atom is 0.253 e. The van der Waals surface area contributed by atoms with Crippen molar-refractivity contribution in [2.24, 2.45) is 5.92 Å². The SMILES string of the molecule is CCC(CC)C(C)NC(=O)c1cccc(Br)c1Cl. The van der Waals surface area contributed by atoms with E-state index in [0.29, 0.717) is 16.5 Å². The number of nitrogens with one attached hydrogen (secondary N) is 1. The van der Waals surface area contributed by atoms with E-state index in [2.05, 4.69) is 35.1 Å². The molecule has 0 saturated heterocycles. The van der Waals surface area contributed by atoms with Crippen LogP contribution in [0.4, 0.5) is 0 Å². The Kier molecular flexibility index (Phi) is 6.16. The second kappa shape index (κ2) is 7.15. The zero-order chi connectivity index (χ0) is 13.7. The largest absolute Gasteiger partial charge is 0.349 e. The van der Waals surface area contributed by atoms with E-state index < -0.39 is 0 Å². The van der Waals surface area contributed by atoms with Gasteiger partial charge in [0.1, 0.15) is 0 Å². The first kappa shape index (κ1) is 15.5. The van der Waals surface area contributed by atoms with Crippen molar-refractivity contribution < 1.29 is 4.79 Å². The van der Waals surface area contributed by atoms with Crippen LogP contribution in [0.2, 0.25) is 5.02 Å². The maximum absolute atomic E-state index is 12.1. The first-order valence-corrected chi connectivity index (χ1v) is 7.43. The van der Waals surface area contributed by atoms with E-state index in [1.54, 1.807) is 6.07 Å². The minimum Gasteiger partial charge on any atom is -0.349 e. The van der Waals surface area contributed by atoms with Crippen LogP contribution < -0.4 is 5.32 Å². The van der Waals surface area contributed by atoms with Gasteiger partial charge in [0.15, 0.2) is 0 Å². The normalized spacial score (nSPS) is 12.6. The molecule has 0 radical (unpaired) electrons. The van der Waals surface area contributed by atoms with Gasteiger partial charge in [-0.2, -0.15) is 0 Å². The van der Waals surface area contributed by atoms with E-state index in [4.69, 9.17) is 11.6 Å². The summed E-state index contributed by atoms with van der Waals surface area (Å²) in [5, 5.41) is 3.49. The van der Waals surface area contributed by atoms with Gasteiger partial charge in [0, 0.05) is 10.5 Å². The smallest absolute Gasteiger partial charge is 0.253 e. The number of carbonyl (C=O) groups excluding carboxylic acids is 1. The van der Waals surface area contributed by atoms with Crippen molar-refractivity contribution in [2.45, 2.75) is 39.7 Å². The molecule has 1 N–H and O–H groups in total. The standard InChI is InChI=1S/C14H19BrClNO/c1-4-10(5-2)9(3)17-14(18)11-7-6-8-12(15)13(11)16/h6-10H,4-5H2,1-3H3,(H,17,18). The Hall–Kier alpha value is -0.540. The topological polar surface area (TPSA) is 29.1 Å². The lowest BCUT2D eigenvalue weighted by atomic mass is 9.95. The molecule has 2 nitrogen and oxygen atoms in total. The number of rotatable bonds is 5. The first-order chi connectivity index (χ1) is 8.51. The minimum absolute atomic E-state index is 0.110.